The summed E-state index contributed by atoms with van der Waals surface area (Å²) in [7, 11) is 0. The maximum atomic E-state index is 12.6. The van der Waals surface area contributed by atoms with Gasteiger partial charge in [-0.3, -0.25) is 0 Å². The number of likely N-dealkylation sites (tertiary alicyclic amines) is 1. The number of aliphatic carboxylic acids is 1. The van der Waals surface area contributed by atoms with Crippen molar-refractivity contribution < 1.29 is 14.7 Å². The monoisotopic (exact) mass is 294 g/mol. The number of nitrogens with one attached hydrogen (secondary N) is 1. The molecular formula is C16H26N2O3. The van der Waals surface area contributed by atoms with Gasteiger partial charge in [0.05, 0.1) is 0 Å². The number of amides is 2. The summed E-state index contributed by atoms with van der Waals surface area (Å²) in [5, 5.41) is 12.6. The normalized spacial score (nSPS) is 33.5. The lowest BCUT2D eigenvalue weighted by molar-refractivity contribution is -0.141. The van der Waals surface area contributed by atoms with Gasteiger partial charge in [-0.05, 0) is 38.0 Å². The molecule has 2 aliphatic carbocycles. The molecule has 0 aromatic rings. The molecule has 3 aliphatic rings. The first-order chi connectivity index (χ1) is 10.2. The average molecular weight is 294 g/mol. The lowest BCUT2D eigenvalue weighted by Crippen LogP contribution is -2.53. The fraction of sp³-hybridized carbons (Fsp3) is 0.875. The maximum Gasteiger partial charge on any atom is 0.326 e. The SMILES string of the molecule is O=C(O)[C@H]1C[C@@H]2CCCC[C@@H]2N1C(=O)NC1CCCCC1. The van der Waals surface area contributed by atoms with Gasteiger partial charge in [0.15, 0.2) is 0 Å². The molecule has 0 aromatic carbocycles. The van der Waals surface area contributed by atoms with Gasteiger partial charge in [-0.1, -0.05) is 32.1 Å². The van der Waals surface area contributed by atoms with Crippen LogP contribution in [0.4, 0.5) is 4.79 Å². The van der Waals surface area contributed by atoms with Crippen molar-refractivity contribution >= 4 is 12.0 Å². The van der Waals surface area contributed by atoms with Gasteiger partial charge in [-0.15, -0.1) is 0 Å². The topological polar surface area (TPSA) is 69.6 Å². The van der Waals surface area contributed by atoms with Crippen LogP contribution in [0.2, 0.25) is 0 Å². The Morgan fingerprint density at radius 3 is 2.33 bits per heavy atom. The third kappa shape index (κ3) is 3.01. The van der Waals surface area contributed by atoms with Crippen LogP contribution in [0.5, 0.6) is 0 Å². The molecule has 3 fully saturated rings. The Labute approximate surface area is 126 Å². The molecular weight excluding hydrogens is 268 g/mol. The molecule has 5 nitrogen and oxygen atoms in total. The van der Waals surface area contributed by atoms with Crippen LogP contribution in [-0.4, -0.2) is 40.1 Å². The Balaban J connectivity index is 1.69. The number of nitrogens with zero attached hydrogens (tertiary/aromatic N) is 1. The van der Waals surface area contributed by atoms with Gasteiger partial charge in [-0.25, -0.2) is 9.59 Å². The number of urea groups is 1. The number of carboxylic acid groups (broad SMARTS) is 1. The summed E-state index contributed by atoms with van der Waals surface area (Å²) in [6, 6.07) is -0.378. The summed E-state index contributed by atoms with van der Waals surface area (Å²) in [5.41, 5.74) is 0. The van der Waals surface area contributed by atoms with Gasteiger partial charge in [0.1, 0.15) is 6.04 Å². The first-order valence-corrected chi connectivity index (χ1v) is 8.48. The number of hydrogen-bond acceptors (Lipinski definition) is 2. The van der Waals surface area contributed by atoms with E-state index in [0.29, 0.717) is 12.3 Å². The molecule has 2 saturated carbocycles. The van der Waals surface area contributed by atoms with E-state index in [9.17, 15) is 14.7 Å². The minimum Gasteiger partial charge on any atom is -0.480 e. The molecule has 2 N–H and O–H groups in total. The van der Waals surface area contributed by atoms with Crippen molar-refractivity contribution in [2.75, 3.05) is 0 Å². The van der Waals surface area contributed by atoms with Crippen molar-refractivity contribution in [3.05, 3.63) is 0 Å². The van der Waals surface area contributed by atoms with E-state index in [1.807, 2.05) is 0 Å². The molecule has 5 heteroatoms. The van der Waals surface area contributed by atoms with E-state index >= 15 is 0 Å². The van der Waals surface area contributed by atoms with Crippen LogP contribution in [0, 0.1) is 5.92 Å². The molecule has 2 amide bonds. The highest BCUT2D eigenvalue weighted by Gasteiger charge is 2.47. The lowest BCUT2D eigenvalue weighted by Gasteiger charge is -2.34. The second-order valence-electron chi connectivity index (χ2n) is 6.89. The molecule has 3 rings (SSSR count). The van der Waals surface area contributed by atoms with Gasteiger partial charge < -0.3 is 15.3 Å². The van der Waals surface area contributed by atoms with Crippen molar-refractivity contribution in [2.24, 2.45) is 5.92 Å². The number of carbonyl (C=O) groups excluding carboxylic acids is 1. The minimum absolute atomic E-state index is 0.135. The summed E-state index contributed by atoms with van der Waals surface area (Å²) in [6.45, 7) is 0. The van der Waals surface area contributed by atoms with Crippen molar-refractivity contribution in [3.63, 3.8) is 0 Å². The van der Waals surface area contributed by atoms with Crippen LogP contribution >= 0.6 is 0 Å². The van der Waals surface area contributed by atoms with Crippen LogP contribution in [0.3, 0.4) is 0 Å². The summed E-state index contributed by atoms with van der Waals surface area (Å²) >= 11 is 0. The maximum absolute atomic E-state index is 12.6. The highest BCUT2D eigenvalue weighted by molar-refractivity contribution is 5.84. The second-order valence-corrected chi connectivity index (χ2v) is 6.89. The Morgan fingerprint density at radius 2 is 1.62 bits per heavy atom. The van der Waals surface area contributed by atoms with Crippen molar-refractivity contribution in [2.45, 2.75) is 82.3 Å². The zero-order chi connectivity index (χ0) is 14.8. The number of hydrogen-bond donors (Lipinski definition) is 2. The van der Waals surface area contributed by atoms with Gasteiger partial charge in [-0.2, -0.15) is 0 Å². The third-order valence-corrected chi connectivity index (χ3v) is 5.54. The quantitative estimate of drug-likeness (QED) is 0.822. The van der Waals surface area contributed by atoms with Crippen molar-refractivity contribution in [1.29, 1.82) is 0 Å². The minimum atomic E-state index is -0.844. The van der Waals surface area contributed by atoms with E-state index in [1.54, 1.807) is 4.90 Å². The molecule has 1 heterocycles. The van der Waals surface area contributed by atoms with E-state index in [-0.39, 0.29) is 18.1 Å². The smallest absolute Gasteiger partial charge is 0.326 e. The van der Waals surface area contributed by atoms with E-state index in [0.717, 1.165) is 32.1 Å². The molecule has 1 aliphatic heterocycles. The highest BCUT2D eigenvalue weighted by atomic mass is 16.4. The number of rotatable bonds is 2. The van der Waals surface area contributed by atoms with Crippen LogP contribution in [0.1, 0.15) is 64.2 Å². The van der Waals surface area contributed by atoms with Gasteiger partial charge in [0, 0.05) is 12.1 Å². The third-order valence-electron chi connectivity index (χ3n) is 5.54. The van der Waals surface area contributed by atoms with E-state index < -0.39 is 12.0 Å². The average Bonchev–Trinajstić information content (AvgIpc) is 2.88. The predicted octanol–water partition coefficient (Wildman–Crippen LogP) is 2.75. The Hall–Kier alpha value is -1.26. The zero-order valence-corrected chi connectivity index (χ0v) is 12.6. The van der Waals surface area contributed by atoms with Crippen LogP contribution in [0.25, 0.3) is 0 Å². The van der Waals surface area contributed by atoms with Crippen LogP contribution in [0.15, 0.2) is 0 Å². The summed E-state index contributed by atoms with van der Waals surface area (Å²) in [4.78, 5) is 25.8. The standard InChI is InChI=1S/C16H26N2O3/c19-15(20)14-10-11-6-4-5-9-13(11)18(14)16(21)17-12-7-2-1-3-8-12/h11-14H,1-10H2,(H,17,21)(H,19,20)/t11-,13-,14+/m0/s1. The Bertz CT molecular complexity index is 406. The molecule has 0 radical (unpaired) electrons. The van der Waals surface area contributed by atoms with Crippen LogP contribution < -0.4 is 5.32 Å². The van der Waals surface area contributed by atoms with E-state index in [4.69, 9.17) is 0 Å². The number of carbonyl (C=O) groups is 2. The number of fused-ring (bicyclic) bond motifs is 1. The lowest BCUT2D eigenvalue weighted by atomic mass is 9.85. The zero-order valence-electron chi connectivity index (χ0n) is 12.6. The fourth-order valence-electron chi connectivity index (χ4n) is 4.47. The molecule has 3 atom stereocenters. The van der Waals surface area contributed by atoms with E-state index in [2.05, 4.69) is 5.32 Å². The summed E-state index contributed by atoms with van der Waals surface area (Å²) < 4.78 is 0. The van der Waals surface area contributed by atoms with E-state index in [1.165, 1.54) is 25.7 Å². The largest absolute Gasteiger partial charge is 0.480 e. The molecule has 1 saturated heterocycles. The van der Waals surface area contributed by atoms with Gasteiger partial charge in [0.25, 0.3) is 0 Å². The fourth-order valence-corrected chi connectivity index (χ4v) is 4.47. The molecule has 118 valence electrons. The molecule has 0 aromatic heterocycles. The number of carboxylic acids is 1. The first-order valence-electron chi connectivity index (χ1n) is 8.48. The molecule has 0 bridgehead atoms. The van der Waals surface area contributed by atoms with Crippen molar-refractivity contribution in [1.82, 2.24) is 10.2 Å². The highest BCUT2D eigenvalue weighted by Crippen LogP contribution is 2.39. The summed E-state index contributed by atoms with van der Waals surface area (Å²) in [6.07, 6.45) is 10.6. The summed E-state index contributed by atoms with van der Waals surface area (Å²) in [5.74, 6) is -0.458. The molecule has 0 spiro atoms. The van der Waals surface area contributed by atoms with Gasteiger partial charge >= 0.3 is 12.0 Å². The molecule has 21 heavy (non-hydrogen) atoms. The molecule has 0 unspecified atom stereocenters. The van der Waals surface area contributed by atoms with Gasteiger partial charge in [0.2, 0.25) is 0 Å². The van der Waals surface area contributed by atoms with Crippen molar-refractivity contribution in [3.8, 4) is 0 Å². The van der Waals surface area contributed by atoms with Crippen LogP contribution in [-0.2, 0) is 4.79 Å². The first kappa shape index (κ1) is 14.7. The predicted molar refractivity (Wildman–Crippen MR) is 79.0 cm³/mol. The Morgan fingerprint density at radius 1 is 0.952 bits per heavy atom. The second kappa shape index (κ2) is 6.24. The Kier molecular flexibility index (Phi) is 4.36.